The Morgan fingerprint density at radius 3 is 2.95 bits per heavy atom. The average Bonchev–Trinajstić information content (AvgIpc) is 3.02. The second-order valence-corrected chi connectivity index (χ2v) is 5.81. The quantitative estimate of drug-likeness (QED) is 0.540. The predicted molar refractivity (Wildman–Crippen MR) is 90.9 cm³/mol. The third-order valence-corrected chi connectivity index (χ3v) is 4.12. The van der Waals surface area contributed by atoms with E-state index in [4.69, 9.17) is 10.5 Å². The average molecular weight is 319 g/mol. The van der Waals surface area contributed by atoms with Gasteiger partial charge in [0.1, 0.15) is 0 Å². The number of hydrogen-bond donors (Lipinski definition) is 3. The van der Waals surface area contributed by atoms with E-state index in [1.807, 2.05) is 18.2 Å². The van der Waals surface area contributed by atoms with Gasteiger partial charge in [0.05, 0.1) is 7.11 Å². The first kappa shape index (κ1) is 16.2. The maximum absolute atomic E-state index is 9.55. The molecule has 4 N–H and O–H groups in total. The Bertz CT molecular complexity index is 612. The van der Waals surface area contributed by atoms with E-state index in [1.165, 1.54) is 12.0 Å². The molecule has 0 spiro atoms. The van der Waals surface area contributed by atoms with Crippen LogP contribution in [0.3, 0.4) is 0 Å². The van der Waals surface area contributed by atoms with Gasteiger partial charge in [-0.2, -0.15) is 0 Å². The maximum atomic E-state index is 9.55. The van der Waals surface area contributed by atoms with Crippen molar-refractivity contribution in [1.82, 2.24) is 5.32 Å². The van der Waals surface area contributed by atoms with Gasteiger partial charge in [0.2, 0.25) is 0 Å². The summed E-state index contributed by atoms with van der Waals surface area (Å²) in [5.74, 6) is 1.09. The molecule has 22 heavy (non-hydrogen) atoms. The highest BCUT2D eigenvalue weighted by Gasteiger charge is 2.02. The van der Waals surface area contributed by atoms with Gasteiger partial charge in [-0.05, 0) is 35.6 Å². The van der Waals surface area contributed by atoms with Gasteiger partial charge >= 0.3 is 0 Å². The second-order valence-electron chi connectivity index (χ2n) is 4.78. The molecule has 0 amide bonds. The van der Waals surface area contributed by atoms with Crippen LogP contribution in [-0.2, 0) is 12.8 Å². The Morgan fingerprint density at radius 2 is 2.23 bits per heavy atom. The van der Waals surface area contributed by atoms with Gasteiger partial charge in [-0.15, -0.1) is 11.3 Å². The van der Waals surface area contributed by atoms with Gasteiger partial charge < -0.3 is 20.9 Å². The number of ether oxygens (including phenoxy) is 1. The lowest BCUT2D eigenvalue weighted by molar-refractivity contribution is 0.373. The summed E-state index contributed by atoms with van der Waals surface area (Å²) in [6.45, 7) is 1.37. The van der Waals surface area contributed by atoms with E-state index >= 15 is 0 Å². The van der Waals surface area contributed by atoms with Crippen LogP contribution in [0.25, 0.3) is 0 Å². The van der Waals surface area contributed by atoms with Crippen LogP contribution in [0.15, 0.2) is 40.7 Å². The summed E-state index contributed by atoms with van der Waals surface area (Å²) in [4.78, 5) is 5.62. The van der Waals surface area contributed by atoms with Crippen LogP contribution in [0.5, 0.6) is 11.5 Å². The molecule has 0 radical (unpaired) electrons. The first-order chi connectivity index (χ1) is 10.7. The van der Waals surface area contributed by atoms with Gasteiger partial charge in [0, 0.05) is 24.4 Å². The number of methoxy groups -OCH3 is 1. The number of phenolic OH excluding ortho intramolecular Hbond substituents is 1. The lowest BCUT2D eigenvalue weighted by atomic mass is 10.1. The molecule has 0 aliphatic carbocycles. The third kappa shape index (κ3) is 4.96. The van der Waals surface area contributed by atoms with E-state index in [-0.39, 0.29) is 5.75 Å². The molecular weight excluding hydrogens is 298 g/mol. The molecule has 0 aliphatic heterocycles. The number of phenols is 1. The van der Waals surface area contributed by atoms with Gasteiger partial charge in [-0.3, -0.25) is 4.99 Å². The van der Waals surface area contributed by atoms with Crippen molar-refractivity contribution in [3.05, 3.63) is 46.2 Å². The van der Waals surface area contributed by atoms with Crippen LogP contribution in [0, 0.1) is 0 Å². The van der Waals surface area contributed by atoms with E-state index < -0.39 is 0 Å². The second kappa shape index (κ2) is 8.29. The van der Waals surface area contributed by atoms with Crippen molar-refractivity contribution >= 4 is 17.3 Å². The molecule has 1 aromatic carbocycles. The van der Waals surface area contributed by atoms with Crippen LogP contribution in [0.1, 0.15) is 10.4 Å². The zero-order valence-electron chi connectivity index (χ0n) is 12.6. The molecule has 2 rings (SSSR count). The molecule has 0 fully saturated rings. The summed E-state index contributed by atoms with van der Waals surface area (Å²) in [5, 5.41) is 14.7. The molecule has 0 saturated heterocycles. The van der Waals surface area contributed by atoms with E-state index in [1.54, 1.807) is 17.4 Å². The molecule has 118 valence electrons. The number of nitrogens with one attached hydrogen (secondary N) is 1. The van der Waals surface area contributed by atoms with Crippen molar-refractivity contribution in [2.45, 2.75) is 12.8 Å². The zero-order chi connectivity index (χ0) is 15.8. The summed E-state index contributed by atoms with van der Waals surface area (Å²) in [5.41, 5.74) is 6.90. The monoisotopic (exact) mass is 319 g/mol. The molecule has 2 aromatic rings. The molecule has 0 bridgehead atoms. The molecular formula is C16H21N3O2S. The number of benzene rings is 1. The number of aliphatic imine (C=N–C) groups is 1. The number of guanidine groups is 1. The Morgan fingerprint density at radius 1 is 1.36 bits per heavy atom. The first-order valence-electron chi connectivity index (χ1n) is 7.11. The molecule has 1 heterocycles. The van der Waals surface area contributed by atoms with Crippen molar-refractivity contribution in [2.24, 2.45) is 10.7 Å². The molecule has 6 heteroatoms. The van der Waals surface area contributed by atoms with Crippen LogP contribution in [-0.4, -0.2) is 31.3 Å². The van der Waals surface area contributed by atoms with Crippen LogP contribution in [0.2, 0.25) is 0 Å². The minimum Gasteiger partial charge on any atom is -0.504 e. The Kier molecular flexibility index (Phi) is 6.09. The lowest BCUT2D eigenvalue weighted by Crippen LogP contribution is -2.33. The Labute approximate surface area is 134 Å². The normalized spacial score (nSPS) is 11.4. The molecule has 0 saturated carbocycles. The van der Waals surface area contributed by atoms with E-state index in [9.17, 15) is 5.11 Å². The summed E-state index contributed by atoms with van der Waals surface area (Å²) in [7, 11) is 1.54. The molecule has 1 aromatic heterocycles. The highest BCUT2D eigenvalue weighted by atomic mass is 32.1. The van der Waals surface area contributed by atoms with Crippen LogP contribution < -0.4 is 15.8 Å². The van der Waals surface area contributed by atoms with Gasteiger partial charge in [-0.25, -0.2) is 0 Å². The van der Waals surface area contributed by atoms with Gasteiger partial charge in [-0.1, -0.05) is 12.1 Å². The van der Waals surface area contributed by atoms with E-state index in [0.29, 0.717) is 24.8 Å². The fourth-order valence-electron chi connectivity index (χ4n) is 2.01. The number of hydrogen-bond acceptors (Lipinski definition) is 4. The zero-order valence-corrected chi connectivity index (χ0v) is 13.4. The number of aromatic hydroxyl groups is 1. The fraction of sp³-hybridized carbons (Fsp3) is 0.312. The van der Waals surface area contributed by atoms with Gasteiger partial charge in [0.25, 0.3) is 0 Å². The SMILES string of the molecule is COc1cc(CCNC(N)=NCCc2cccs2)ccc1O. The molecule has 0 unspecified atom stereocenters. The van der Waals surface area contributed by atoms with Crippen molar-refractivity contribution in [3.63, 3.8) is 0 Å². The predicted octanol–water partition coefficient (Wildman–Crippen LogP) is 2.15. The summed E-state index contributed by atoms with van der Waals surface area (Å²) < 4.78 is 5.08. The number of nitrogens with two attached hydrogens (primary N) is 1. The fourth-order valence-corrected chi connectivity index (χ4v) is 2.71. The lowest BCUT2D eigenvalue weighted by Gasteiger charge is -2.08. The van der Waals surface area contributed by atoms with Crippen molar-refractivity contribution < 1.29 is 9.84 Å². The summed E-state index contributed by atoms with van der Waals surface area (Å²) in [6, 6.07) is 9.46. The standard InChI is InChI=1S/C16H21N3O2S/c1-21-15-11-12(4-5-14(15)20)6-8-18-16(17)19-9-7-13-3-2-10-22-13/h2-5,10-11,20H,6-9H2,1H3,(H3,17,18,19). The number of rotatable bonds is 7. The van der Waals surface area contributed by atoms with E-state index in [0.717, 1.165) is 18.4 Å². The first-order valence-corrected chi connectivity index (χ1v) is 7.99. The largest absolute Gasteiger partial charge is 0.504 e. The Balaban J connectivity index is 1.73. The summed E-state index contributed by atoms with van der Waals surface area (Å²) >= 11 is 1.73. The number of thiophene rings is 1. The minimum absolute atomic E-state index is 0.147. The smallest absolute Gasteiger partial charge is 0.188 e. The minimum atomic E-state index is 0.147. The van der Waals surface area contributed by atoms with E-state index in [2.05, 4.69) is 21.8 Å². The molecule has 0 aliphatic rings. The van der Waals surface area contributed by atoms with Crippen molar-refractivity contribution in [3.8, 4) is 11.5 Å². The Hall–Kier alpha value is -2.21. The molecule has 5 nitrogen and oxygen atoms in total. The third-order valence-electron chi connectivity index (χ3n) is 3.18. The molecule has 0 atom stereocenters. The summed E-state index contributed by atoms with van der Waals surface area (Å²) in [6.07, 6.45) is 1.69. The van der Waals surface area contributed by atoms with Gasteiger partial charge in [0.15, 0.2) is 17.5 Å². The highest BCUT2D eigenvalue weighted by molar-refractivity contribution is 7.09. The highest BCUT2D eigenvalue weighted by Crippen LogP contribution is 2.26. The van der Waals surface area contributed by atoms with Crippen molar-refractivity contribution in [2.75, 3.05) is 20.2 Å². The maximum Gasteiger partial charge on any atom is 0.188 e. The topological polar surface area (TPSA) is 79.9 Å². The van der Waals surface area contributed by atoms with Crippen LogP contribution in [0.4, 0.5) is 0 Å². The number of nitrogens with zero attached hydrogens (tertiary/aromatic N) is 1. The van der Waals surface area contributed by atoms with Crippen LogP contribution >= 0.6 is 11.3 Å². The van der Waals surface area contributed by atoms with Crippen molar-refractivity contribution in [1.29, 1.82) is 0 Å².